The minimum atomic E-state index is 0.880. The molecule has 17 heavy (non-hydrogen) atoms. The van der Waals surface area contributed by atoms with Crippen molar-refractivity contribution in [3.8, 4) is 0 Å². The first-order valence-corrected chi connectivity index (χ1v) is 7.86. The van der Waals surface area contributed by atoms with Crippen LogP contribution in [0, 0.1) is 0 Å². The second-order valence-corrected chi connectivity index (χ2v) is 7.18. The van der Waals surface area contributed by atoms with Crippen LogP contribution in [0.5, 0.6) is 0 Å². The third-order valence-corrected chi connectivity index (χ3v) is 4.65. The lowest BCUT2D eigenvalue weighted by atomic mass is 10.1. The van der Waals surface area contributed by atoms with Crippen molar-refractivity contribution in [2.45, 2.75) is 19.9 Å². The van der Waals surface area contributed by atoms with Crippen LogP contribution in [-0.4, -0.2) is 0 Å². The molecular formula is C13H13Br2NS. The van der Waals surface area contributed by atoms with Gasteiger partial charge in [0.1, 0.15) is 0 Å². The van der Waals surface area contributed by atoms with Gasteiger partial charge < -0.3 is 5.32 Å². The average Bonchev–Trinajstić information content (AvgIpc) is 2.73. The minimum absolute atomic E-state index is 0.880. The fourth-order valence-corrected chi connectivity index (χ4v) is 3.49. The molecule has 0 radical (unpaired) electrons. The van der Waals surface area contributed by atoms with Gasteiger partial charge in [-0.1, -0.05) is 22.9 Å². The van der Waals surface area contributed by atoms with E-state index in [2.05, 4.69) is 74.4 Å². The minimum Gasteiger partial charge on any atom is -0.380 e. The molecule has 0 aliphatic carbocycles. The highest BCUT2D eigenvalue weighted by Crippen LogP contribution is 2.25. The molecular weight excluding hydrogens is 362 g/mol. The van der Waals surface area contributed by atoms with E-state index in [-0.39, 0.29) is 0 Å². The van der Waals surface area contributed by atoms with Gasteiger partial charge in [-0.25, -0.2) is 0 Å². The van der Waals surface area contributed by atoms with Gasteiger partial charge in [0.15, 0.2) is 0 Å². The molecule has 0 aliphatic rings. The molecule has 0 amide bonds. The van der Waals surface area contributed by atoms with Crippen LogP contribution in [0.15, 0.2) is 38.6 Å². The predicted octanol–water partition coefficient (Wildman–Crippen LogP) is 5.45. The van der Waals surface area contributed by atoms with Crippen molar-refractivity contribution in [1.82, 2.24) is 0 Å². The summed E-state index contributed by atoms with van der Waals surface area (Å²) in [5.41, 5.74) is 2.57. The maximum atomic E-state index is 3.50. The molecule has 4 heteroatoms. The monoisotopic (exact) mass is 373 g/mol. The molecule has 0 saturated carbocycles. The SMILES string of the molecule is CCc1cc(Br)ccc1NCc1ccc(Br)s1. The molecule has 1 N–H and O–H groups in total. The Kier molecular flexibility index (Phi) is 4.65. The highest BCUT2D eigenvalue weighted by Gasteiger charge is 2.02. The number of aryl methyl sites for hydroxylation is 1. The molecule has 1 nitrogen and oxygen atoms in total. The van der Waals surface area contributed by atoms with Crippen molar-refractivity contribution in [3.05, 3.63) is 49.0 Å². The van der Waals surface area contributed by atoms with E-state index in [0.29, 0.717) is 0 Å². The highest BCUT2D eigenvalue weighted by atomic mass is 79.9. The number of hydrogen-bond donors (Lipinski definition) is 1. The van der Waals surface area contributed by atoms with Crippen LogP contribution >= 0.6 is 43.2 Å². The fourth-order valence-electron chi connectivity index (χ4n) is 1.66. The molecule has 0 atom stereocenters. The van der Waals surface area contributed by atoms with Gasteiger partial charge in [0.05, 0.1) is 3.79 Å². The Bertz CT molecular complexity index is 508. The first kappa shape index (κ1) is 13.1. The van der Waals surface area contributed by atoms with Gasteiger partial charge in [-0.3, -0.25) is 0 Å². The number of thiophene rings is 1. The molecule has 0 spiro atoms. The van der Waals surface area contributed by atoms with Crippen LogP contribution in [0.2, 0.25) is 0 Å². The van der Waals surface area contributed by atoms with Crippen LogP contribution in [-0.2, 0) is 13.0 Å². The quantitative estimate of drug-likeness (QED) is 0.750. The Morgan fingerprint density at radius 1 is 1.18 bits per heavy atom. The number of hydrogen-bond acceptors (Lipinski definition) is 2. The first-order chi connectivity index (χ1) is 8.19. The van der Waals surface area contributed by atoms with Crippen LogP contribution < -0.4 is 5.32 Å². The Hall–Kier alpha value is -0.320. The predicted molar refractivity (Wildman–Crippen MR) is 82.9 cm³/mol. The topological polar surface area (TPSA) is 12.0 Å². The summed E-state index contributed by atoms with van der Waals surface area (Å²) in [6.45, 7) is 3.06. The third-order valence-electron chi connectivity index (χ3n) is 2.53. The van der Waals surface area contributed by atoms with Crippen LogP contribution in [0.3, 0.4) is 0 Å². The first-order valence-electron chi connectivity index (χ1n) is 5.45. The molecule has 0 saturated heterocycles. The lowest BCUT2D eigenvalue weighted by Crippen LogP contribution is -2.00. The Morgan fingerprint density at radius 3 is 2.65 bits per heavy atom. The summed E-state index contributed by atoms with van der Waals surface area (Å²) >= 11 is 8.75. The fraction of sp³-hybridized carbons (Fsp3) is 0.231. The molecule has 0 aliphatic heterocycles. The maximum Gasteiger partial charge on any atom is 0.0702 e. The van der Waals surface area contributed by atoms with Crippen LogP contribution in [0.25, 0.3) is 0 Å². The van der Waals surface area contributed by atoms with Crippen molar-refractivity contribution in [2.24, 2.45) is 0 Å². The van der Waals surface area contributed by atoms with E-state index in [9.17, 15) is 0 Å². The van der Waals surface area contributed by atoms with E-state index >= 15 is 0 Å². The van der Waals surface area contributed by atoms with Crippen LogP contribution in [0.1, 0.15) is 17.4 Å². The normalized spacial score (nSPS) is 10.5. The molecule has 1 aromatic heterocycles. The molecule has 1 heterocycles. The summed E-state index contributed by atoms with van der Waals surface area (Å²) in [5, 5.41) is 3.49. The zero-order valence-electron chi connectivity index (χ0n) is 9.47. The Labute approximate surface area is 123 Å². The van der Waals surface area contributed by atoms with Crippen molar-refractivity contribution < 1.29 is 0 Å². The second kappa shape index (κ2) is 6.03. The van der Waals surface area contributed by atoms with Crippen molar-refractivity contribution in [3.63, 3.8) is 0 Å². The summed E-state index contributed by atoms with van der Waals surface area (Å²) in [5.74, 6) is 0. The zero-order chi connectivity index (χ0) is 12.3. The molecule has 0 bridgehead atoms. The van der Waals surface area contributed by atoms with Crippen LogP contribution in [0.4, 0.5) is 5.69 Å². The van der Waals surface area contributed by atoms with Gasteiger partial charge in [0.2, 0.25) is 0 Å². The van der Waals surface area contributed by atoms with E-state index in [0.717, 1.165) is 17.4 Å². The molecule has 0 unspecified atom stereocenters. The highest BCUT2D eigenvalue weighted by molar-refractivity contribution is 9.11. The molecule has 2 aromatic rings. The van der Waals surface area contributed by atoms with Crippen molar-refractivity contribution >= 4 is 48.9 Å². The van der Waals surface area contributed by atoms with Crippen molar-refractivity contribution in [2.75, 3.05) is 5.32 Å². The summed E-state index contributed by atoms with van der Waals surface area (Å²) in [6.07, 6.45) is 1.04. The summed E-state index contributed by atoms with van der Waals surface area (Å²) in [6, 6.07) is 10.6. The van der Waals surface area contributed by atoms with Gasteiger partial charge in [0.25, 0.3) is 0 Å². The van der Waals surface area contributed by atoms with Crippen molar-refractivity contribution in [1.29, 1.82) is 0 Å². The molecule has 90 valence electrons. The van der Waals surface area contributed by atoms with Gasteiger partial charge in [0, 0.05) is 21.6 Å². The lowest BCUT2D eigenvalue weighted by Gasteiger charge is -2.10. The maximum absolute atomic E-state index is 3.50. The molecule has 0 fully saturated rings. The third kappa shape index (κ3) is 3.57. The summed E-state index contributed by atoms with van der Waals surface area (Å²) in [7, 11) is 0. The van der Waals surface area contributed by atoms with E-state index in [1.54, 1.807) is 11.3 Å². The van der Waals surface area contributed by atoms with E-state index in [1.807, 2.05) is 0 Å². The standard InChI is InChI=1S/C13H13Br2NS/c1-2-9-7-10(14)3-5-12(9)16-8-11-4-6-13(15)17-11/h3-7,16H,2,8H2,1H3. The van der Waals surface area contributed by atoms with Gasteiger partial charge in [-0.2, -0.15) is 0 Å². The van der Waals surface area contributed by atoms with Gasteiger partial charge in [-0.15, -0.1) is 11.3 Å². The number of halogens is 2. The second-order valence-electron chi connectivity index (χ2n) is 3.71. The largest absolute Gasteiger partial charge is 0.380 e. The average molecular weight is 375 g/mol. The van der Waals surface area contributed by atoms with Gasteiger partial charge in [-0.05, 0) is 58.2 Å². The number of benzene rings is 1. The Balaban J connectivity index is 2.08. The van der Waals surface area contributed by atoms with E-state index in [1.165, 1.54) is 19.9 Å². The Morgan fingerprint density at radius 2 is 2.00 bits per heavy atom. The van der Waals surface area contributed by atoms with Gasteiger partial charge >= 0.3 is 0 Å². The number of rotatable bonds is 4. The molecule has 1 aromatic carbocycles. The lowest BCUT2D eigenvalue weighted by molar-refractivity contribution is 1.10. The zero-order valence-corrected chi connectivity index (χ0v) is 13.5. The summed E-state index contributed by atoms with van der Waals surface area (Å²) in [4.78, 5) is 1.34. The van der Waals surface area contributed by atoms with E-state index < -0.39 is 0 Å². The number of nitrogens with one attached hydrogen (secondary N) is 1. The summed E-state index contributed by atoms with van der Waals surface area (Å²) < 4.78 is 2.32. The molecule has 2 rings (SSSR count). The van der Waals surface area contributed by atoms with E-state index in [4.69, 9.17) is 0 Å². The smallest absolute Gasteiger partial charge is 0.0702 e. The number of anilines is 1.